The molecule has 18 heavy (non-hydrogen) atoms. The highest BCUT2D eigenvalue weighted by Crippen LogP contribution is 2.42. The number of hydrogen-bond donors (Lipinski definition) is 3. The molecule has 0 unspecified atom stereocenters. The molecular weight excluding hydrogens is 368 g/mol. The molecule has 0 amide bonds. The fraction of sp³-hybridized carbons (Fsp3) is 0.455. The Labute approximate surface area is 120 Å². The van der Waals surface area contributed by atoms with Gasteiger partial charge in [0, 0.05) is 12.1 Å². The normalized spacial score (nSPS) is 12.6. The lowest BCUT2D eigenvalue weighted by atomic mass is 9.86. The molecule has 0 radical (unpaired) electrons. The summed E-state index contributed by atoms with van der Waals surface area (Å²) in [4.78, 5) is 17.8. The molecule has 0 fully saturated rings. The van der Waals surface area contributed by atoms with Crippen LogP contribution in [0.15, 0.2) is 12.1 Å². The van der Waals surface area contributed by atoms with Gasteiger partial charge in [0.25, 0.3) is 0 Å². The van der Waals surface area contributed by atoms with Crippen molar-refractivity contribution in [1.29, 1.82) is 0 Å². The zero-order valence-electron chi connectivity index (χ0n) is 10.5. The Hall–Kier alpha value is -0.140. The lowest BCUT2D eigenvalue weighted by Gasteiger charge is -2.22. The zero-order chi connectivity index (χ0) is 14.1. The summed E-state index contributed by atoms with van der Waals surface area (Å²) in [6, 6.07) is 3.68. The van der Waals surface area contributed by atoms with Crippen LogP contribution in [0.5, 0.6) is 5.75 Å². The van der Waals surface area contributed by atoms with E-state index in [2.05, 4.69) is 20.8 Å². The van der Waals surface area contributed by atoms with Gasteiger partial charge in [0.15, 0.2) is 0 Å². The lowest BCUT2D eigenvalue weighted by molar-refractivity contribution is 0.281. The van der Waals surface area contributed by atoms with E-state index in [4.69, 9.17) is 20.0 Å². The second-order valence-electron chi connectivity index (χ2n) is 4.98. The van der Waals surface area contributed by atoms with Crippen LogP contribution in [0.1, 0.15) is 31.9 Å². The summed E-state index contributed by atoms with van der Waals surface area (Å²) in [6.07, 6.45) is 0. The summed E-state index contributed by atoms with van der Waals surface area (Å²) in [6.45, 7) is 6.34. The number of benzene rings is 1. The molecule has 1 aromatic carbocycles. The van der Waals surface area contributed by atoms with E-state index in [1.165, 1.54) is 0 Å². The standard InChI is InChI=1S/C11H17INO4P/c1-11(2,3)8-4-7(6-13)10(9(12)5-8)17-18(14,15)16/h4-5H,6,13H2,1-3H3,(H2,14,15,16). The molecule has 1 rings (SSSR count). The predicted octanol–water partition coefficient (Wildman–Crippen LogP) is 2.52. The van der Waals surface area contributed by atoms with Gasteiger partial charge in [-0.3, -0.25) is 9.79 Å². The van der Waals surface area contributed by atoms with Crippen molar-refractivity contribution < 1.29 is 18.9 Å². The van der Waals surface area contributed by atoms with Gasteiger partial charge in [-0.15, -0.1) is 0 Å². The summed E-state index contributed by atoms with van der Waals surface area (Å²) in [5.41, 5.74) is 7.19. The summed E-state index contributed by atoms with van der Waals surface area (Å²) in [5, 5.41) is 0. The minimum atomic E-state index is -4.57. The van der Waals surface area contributed by atoms with E-state index in [9.17, 15) is 4.57 Å². The van der Waals surface area contributed by atoms with Crippen LogP contribution < -0.4 is 10.3 Å². The van der Waals surface area contributed by atoms with Crippen LogP contribution in [0.3, 0.4) is 0 Å². The number of hydrogen-bond acceptors (Lipinski definition) is 3. The summed E-state index contributed by atoms with van der Waals surface area (Å²) in [5.74, 6) is 0.166. The number of phosphoric acid groups is 1. The second kappa shape index (κ2) is 5.46. The van der Waals surface area contributed by atoms with Crippen molar-refractivity contribution in [2.75, 3.05) is 0 Å². The summed E-state index contributed by atoms with van der Waals surface area (Å²) < 4.78 is 16.3. The van der Waals surface area contributed by atoms with E-state index < -0.39 is 7.82 Å². The van der Waals surface area contributed by atoms with Gasteiger partial charge in [-0.25, -0.2) is 4.57 Å². The van der Waals surface area contributed by atoms with E-state index in [1.807, 2.05) is 34.7 Å². The van der Waals surface area contributed by atoms with Crippen LogP contribution in [0, 0.1) is 3.57 Å². The van der Waals surface area contributed by atoms with Crippen LogP contribution in [-0.2, 0) is 16.5 Å². The quantitative estimate of drug-likeness (QED) is 0.549. The number of rotatable bonds is 3. The SMILES string of the molecule is CC(C)(C)c1cc(I)c(OP(=O)(O)O)c(CN)c1. The van der Waals surface area contributed by atoms with Gasteiger partial charge in [0.2, 0.25) is 0 Å². The van der Waals surface area contributed by atoms with Crippen molar-refractivity contribution >= 4 is 30.4 Å². The van der Waals surface area contributed by atoms with Gasteiger partial charge in [0.1, 0.15) is 5.75 Å². The van der Waals surface area contributed by atoms with Gasteiger partial charge in [-0.2, -0.15) is 0 Å². The largest absolute Gasteiger partial charge is 0.524 e. The Morgan fingerprint density at radius 1 is 1.39 bits per heavy atom. The first-order valence-corrected chi connectivity index (χ1v) is 7.93. The third-order valence-electron chi connectivity index (χ3n) is 2.42. The Balaban J connectivity index is 3.34. The van der Waals surface area contributed by atoms with E-state index in [0.717, 1.165) is 5.56 Å². The number of nitrogens with two attached hydrogens (primary N) is 1. The van der Waals surface area contributed by atoms with E-state index >= 15 is 0 Å². The molecular formula is C11H17INO4P. The maximum absolute atomic E-state index is 10.9. The van der Waals surface area contributed by atoms with Gasteiger partial charge in [-0.05, 0) is 39.6 Å². The van der Waals surface area contributed by atoms with Gasteiger partial charge in [0.05, 0.1) is 3.57 Å². The predicted molar refractivity (Wildman–Crippen MR) is 78.4 cm³/mol. The topological polar surface area (TPSA) is 92.8 Å². The van der Waals surface area contributed by atoms with Crippen molar-refractivity contribution in [3.8, 4) is 5.75 Å². The highest BCUT2D eigenvalue weighted by molar-refractivity contribution is 14.1. The molecule has 1 aromatic rings. The monoisotopic (exact) mass is 385 g/mol. The summed E-state index contributed by atoms with van der Waals surface area (Å²) in [7, 11) is -4.57. The van der Waals surface area contributed by atoms with Crippen LogP contribution in [0.25, 0.3) is 0 Å². The van der Waals surface area contributed by atoms with Crippen LogP contribution in [0.4, 0.5) is 0 Å². The molecule has 0 heterocycles. The fourth-order valence-corrected chi connectivity index (χ4v) is 2.88. The molecule has 0 aliphatic heterocycles. The molecule has 4 N–H and O–H groups in total. The Morgan fingerprint density at radius 2 is 1.94 bits per heavy atom. The van der Waals surface area contributed by atoms with E-state index in [0.29, 0.717) is 9.13 Å². The second-order valence-corrected chi connectivity index (χ2v) is 7.31. The summed E-state index contributed by atoms with van der Waals surface area (Å²) >= 11 is 1.99. The first-order chi connectivity index (χ1) is 8.04. The Morgan fingerprint density at radius 3 is 2.33 bits per heavy atom. The molecule has 0 aliphatic rings. The van der Waals surface area contributed by atoms with Crippen LogP contribution in [-0.4, -0.2) is 9.79 Å². The van der Waals surface area contributed by atoms with Crippen molar-refractivity contribution in [1.82, 2.24) is 0 Å². The molecule has 0 spiro atoms. The zero-order valence-corrected chi connectivity index (χ0v) is 13.5. The third-order valence-corrected chi connectivity index (χ3v) is 3.64. The van der Waals surface area contributed by atoms with Crippen LogP contribution in [0.2, 0.25) is 0 Å². The highest BCUT2D eigenvalue weighted by Gasteiger charge is 2.23. The Kier molecular flexibility index (Phi) is 4.83. The Bertz CT molecular complexity index is 493. The number of phosphoric ester groups is 1. The highest BCUT2D eigenvalue weighted by atomic mass is 127. The molecule has 7 heteroatoms. The minimum Gasteiger partial charge on any atom is -0.403 e. The first-order valence-electron chi connectivity index (χ1n) is 5.32. The third kappa shape index (κ3) is 4.20. The molecule has 0 aliphatic carbocycles. The lowest BCUT2D eigenvalue weighted by Crippen LogP contribution is -2.13. The average Bonchev–Trinajstić information content (AvgIpc) is 2.17. The van der Waals surface area contributed by atoms with Crippen molar-refractivity contribution in [3.05, 3.63) is 26.8 Å². The average molecular weight is 385 g/mol. The fourth-order valence-electron chi connectivity index (χ4n) is 1.46. The minimum absolute atomic E-state index is 0.0650. The molecule has 0 aromatic heterocycles. The maximum Gasteiger partial charge on any atom is 0.524 e. The molecule has 102 valence electrons. The van der Waals surface area contributed by atoms with Crippen molar-refractivity contribution in [3.63, 3.8) is 0 Å². The molecule has 0 bridgehead atoms. The van der Waals surface area contributed by atoms with E-state index in [-0.39, 0.29) is 17.7 Å². The van der Waals surface area contributed by atoms with Gasteiger partial charge in [-0.1, -0.05) is 26.8 Å². The molecule has 0 atom stereocenters. The molecule has 0 saturated heterocycles. The molecule has 5 nitrogen and oxygen atoms in total. The van der Waals surface area contributed by atoms with E-state index in [1.54, 1.807) is 0 Å². The van der Waals surface area contributed by atoms with Gasteiger partial charge < -0.3 is 10.3 Å². The van der Waals surface area contributed by atoms with Crippen molar-refractivity contribution in [2.24, 2.45) is 5.73 Å². The smallest absolute Gasteiger partial charge is 0.403 e. The van der Waals surface area contributed by atoms with Gasteiger partial charge >= 0.3 is 7.82 Å². The van der Waals surface area contributed by atoms with Crippen molar-refractivity contribution in [2.45, 2.75) is 32.7 Å². The van der Waals surface area contributed by atoms with Crippen LogP contribution >= 0.6 is 30.4 Å². The molecule has 0 saturated carbocycles. The maximum atomic E-state index is 10.9. The number of halogens is 1. The first kappa shape index (κ1) is 15.9.